The summed E-state index contributed by atoms with van der Waals surface area (Å²) in [4.78, 5) is 0. The zero-order valence-corrected chi connectivity index (χ0v) is 13.5. The fraction of sp³-hybridized carbons (Fsp3) is 0.125. The first-order valence-corrected chi connectivity index (χ1v) is 8.27. The summed E-state index contributed by atoms with van der Waals surface area (Å²) in [7, 11) is -0.788. The Kier molecular flexibility index (Phi) is 5.38. The summed E-state index contributed by atoms with van der Waals surface area (Å²) in [5, 5.41) is 0.717. The van der Waals surface area contributed by atoms with Crippen LogP contribution in [0.5, 0.6) is 0 Å². The van der Waals surface area contributed by atoms with E-state index in [-0.39, 0.29) is 0 Å². The molecule has 0 aliphatic carbocycles. The van der Waals surface area contributed by atoms with E-state index >= 15 is 0 Å². The molecule has 0 fully saturated rings. The monoisotopic (exact) mass is 322 g/mol. The van der Waals surface area contributed by atoms with Crippen molar-refractivity contribution in [2.24, 2.45) is 0 Å². The SMILES string of the molecule is COP(=O)(OC)/C(=C(/Cl)c1ccccc1)c1ccccc1. The molecule has 2 aromatic carbocycles. The lowest BCUT2D eigenvalue weighted by molar-refractivity contribution is 0.288. The van der Waals surface area contributed by atoms with Gasteiger partial charge in [-0.15, -0.1) is 0 Å². The van der Waals surface area contributed by atoms with E-state index < -0.39 is 7.60 Å². The van der Waals surface area contributed by atoms with Gasteiger partial charge in [-0.1, -0.05) is 72.3 Å². The minimum absolute atomic E-state index is 0.355. The van der Waals surface area contributed by atoms with Gasteiger partial charge in [-0.2, -0.15) is 0 Å². The van der Waals surface area contributed by atoms with Crippen LogP contribution < -0.4 is 0 Å². The number of hydrogen-bond acceptors (Lipinski definition) is 3. The van der Waals surface area contributed by atoms with Crippen molar-refractivity contribution in [3.05, 3.63) is 71.8 Å². The molecule has 3 nitrogen and oxygen atoms in total. The van der Waals surface area contributed by atoms with Crippen LogP contribution in [-0.2, 0) is 13.6 Å². The van der Waals surface area contributed by atoms with Crippen LogP contribution in [0.1, 0.15) is 11.1 Å². The summed E-state index contributed by atoms with van der Waals surface area (Å²) in [5.74, 6) is 0. The van der Waals surface area contributed by atoms with Gasteiger partial charge in [0.05, 0.1) is 10.3 Å². The molecule has 0 saturated carbocycles. The molecule has 2 rings (SSSR count). The molecule has 0 saturated heterocycles. The first-order valence-electron chi connectivity index (χ1n) is 6.35. The molecule has 0 unspecified atom stereocenters. The van der Waals surface area contributed by atoms with E-state index in [2.05, 4.69) is 0 Å². The topological polar surface area (TPSA) is 35.5 Å². The van der Waals surface area contributed by atoms with E-state index in [1.807, 2.05) is 60.7 Å². The maximum absolute atomic E-state index is 12.9. The average molecular weight is 323 g/mol. The molecule has 0 N–H and O–H groups in total. The van der Waals surface area contributed by atoms with Crippen LogP contribution in [0.15, 0.2) is 60.7 Å². The van der Waals surface area contributed by atoms with E-state index in [0.29, 0.717) is 15.9 Å². The maximum Gasteiger partial charge on any atom is 0.362 e. The van der Waals surface area contributed by atoms with Gasteiger partial charge in [0.15, 0.2) is 0 Å². The van der Waals surface area contributed by atoms with Gasteiger partial charge in [-0.25, -0.2) is 0 Å². The van der Waals surface area contributed by atoms with E-state index in [4.69, 9.17) is 20.6 Å². The van der Waals surface area contributed by atoms with Gasteiger partial charge in [0.25, 0.3) is 0 Å². The van der Waals surface area contributed by atoms with Gasteiger partial charge in [0.2, 0.25) is 0 Å². The Morgan fingerprint density at radius 3 is 1.71 bits per heavy atom. The molecule has 2 aromatic rings. The Morgan fingerprint density at radius 2 is 1.29 bits per heavy atom. The van der Waals surface area contributed by atoms with Crippen molar-refractivity contribution in [1.82, 2.24) is 0 Å². The molecule has 0 amide bonds. The molecule has 0 atom stereocenters. The molecule has 0 spiro atoms. The zero-order valence-electron chi connectivity index (χ0n) is 11.8. The van der Waals surface area contributed by atoms with Crippen LogP contribution in [-0.4, -0.2) is 14.2 Å². The molecule has 0 radical (unpaired) electrons. The van der Waals surface area contributed by atoms with Crippen LogP contribution in [0.25, 0.3) is 10.3 Å². The van der Waals surface area contributed by atoms with Gasteiger partial charge in [0, 0.05) is 14.2 Å². The average Bonchev–Trinajstić information content (AvgIpc) is 2.56. The highest BCUT2D eigenvalue weighted by Crippen LogP contribution is 2.62. The highest BCUT2D eigenvalue weighted by Gasteiger charge is 2.32. The summed E-state index contributed by atoms with van der Waals surface area (Å²) >= 11 is 6.50. The largest absolute Gasteiger partial charge is 0.362 e. The van der Waals surface area contributed by atoms with Gasteiger partial charge >= 0.3 is 7.60 Å². The van der Waals surface area contributed by atoms with Crippen LogP contribution in [0, 0.1) is 0 Å². The molecule has 5 heteroatoms. The van der Waals surface area contributed by atoms with E-state index in [0.717, 1.165) is 5.56 Å². The van der Waals surface area contributed by atoms with Gasteiger partial charge in [-0.3, -0.25) is 4.57 Å². The van der Waals surface area contributed by atoms with Gasteiger partial charge in [0.1, 0.15) is 0 Å². The Hall–Kier alpha value is -1.38. The second-order valence-electron chi connectivity index (χ2n) is 4.26. The molecule has 0 aliphatic heterocycles. The van der Waals surface area contributed by atoms with Crippen LogP contribution in [0.3, 0.4) is 0 Å². The van der Waals surface area contributed by atoms with Crippen molar-refractivity contribution in [1.29, 1.82) is 0 Å². The maximum atomic E-state index is 12.9. The smallest absolute Gasteiger partial charge is 0.309 e. The highest BCUT2D eigenvalue weighted by molar-refractivity contribution is 7.65. The highest BCUT2D eigenvalue weighted by atomic mass is 35.5. The van der Waals surface area contributed by atoms with Crippen LogP contribution in [0.2, 0.25) is 0 Å². The third kappa shape index (κ3) is 3.45. The fourth-order valence-corrected chi connectivity index (χ4v) is 3.87. The van der Waals surface area contributed by atoms with Crippen molar-refractivity contribution in [3.63, 3.8) is 0 Å². The van der Waals surface area contributed by atoms with Crippen molar-refractivity contribution in [2.75, 3.05) is 14.2 Å². The molecule has 110 valence electrons. The zero-order chi connectivity index (χ0) is 15.3. The van der Waals surface area contributed by atoms with E-state index in [1.165, 1.54) is 14.2 Å². The number of benzene rings is 2. The number of halogens is 1. The summed E-state index contributed by atoms with van der Waals surface area (Å²) in [6.45, 7) is 0. The first kappa shape index (κ1) is 16.0. The second-order valence-corrected chi connectivity index (χ2v) is 6.81. The minimum Gasteiger partial charge on any atom is -0.309 e. The molecule has 0 heterocycles. The van der Waals surface area contributed by atoms with Crippen LogP contribution >= 0.6 is 19.2 Å². The van der Waals surface area contributed by atoms with E-state index in [9.17, 15) is 4.57 Å². The lowest BCUT2D eigenvalue weighted by Gasteiger charge is -2.19. The number of rotatable bonds is 5. The summed E-state index contributed by atoms with van der Waals surface area (Å²) in [6.07, 6.45) is 0. The predicted molar refractivity (Wildman–Crippen MR) is 87.2 cm³/mol. The Labute approximate surface area is 129 Å². The Balaban J connectivity index is 2.70. The standard InChI is InChI=1S/C16H16ClO3P/c1-19-21(18,20-2)16(14-11-7-4-8-12-14)15(17)13-9-5-3-6-10-13/h3-12H,1-2H3/b16-15+. The molecular formula is C16H16ClO3P. The lowest BCUT2D eigenvalue weighted by Crippen LogP contribution is -1.95. The molecule has 0 aromatic heterocycles. The number of hydrogen-bond donors (Lipinski definition) is 0. The molecule has 21 heavy (non-hydrogen) atoms. The third-order valence-electron chi connectivity index (χ3n) is 3.04. The summed E-state index contributed by atoms with van der Waals surface area (Å²) in [5.41, 5.74) is 1.46. The van der Waals surface area contributed by atoms with Crippen molar-refractivity contribution in [2.45, 2.75) is 0 Å². The third-order valence-corrected chi connectivity index (χ3v) is 5.57. The normalized spacial score (nSPS) is 12.9. The first-order chi connectivity index (χ1) is 10.1. The lowest BCUT2D eigenvalue weighted by atomic mass is 10.1. The minimum atomic E-state index is -3.49. The molecular weight excluding hydrogens is 307 g/mol. The summed E-state index contributed by atoms with van der Waals surface area (Å²) in [6, 6.07) is 18.5. The van der Waals surface area contributed by atoms with Crippen LogP contribution in [0.4, 0.5) is 0 Å². The fourth-order valence-electron chi connectivity index (χ4n) is 1.98. The Bertz CT molecular complexity index is 660. The predicted octanol–water partition coefficient (Wildman–Crippen LogP) is 5.24. The quantitative estimate of drug-likeness (QED) is 0.558. The Morgan fingerprint density at radius 1 is 0.857 bits per heavy atom. The molecule has 0 bridgehead atoms. The van der Waals surface area contributed by atoms with Crippen molar-refractivity contribution in [3.8, 4) is 0 Å². The summed E-state index contributed by atoms with van der Waals surface area (Å²) < 4.78 is 23.2. The van der Waals surface area contributed by atoms with Crippen molar-refractivity contribution >= 4 is 29.5 Å². The van der Waals surface area contributed by atoms with Crippen molar-refractivity contribution < 1.29 is 13.6 Å². The van der Waals surface area contributed by atoms with Gasteiger partial charge in [-0.05, 0) is 11.1 Å². The van der Waals surface area contributed by atoms with Gasteiger partial charge < -0.3 is 9.05 Å². The van der Waals surface area contributed by atoms with E-state index in [1.54, 1.807) is 0 Å². The molecule has 0 aliphatic rings. The second kappa shape index (κ2) is 7.06.